The Morgan fingerprint density at radius 3 is 2.82 bits per heavy atom. The minimum Gasteiger partial charge on any atom is -0.481 e. The van der Waals surface area contributed by atoms with E-state index in [1.54, 1.807) is 12.3 Å². The number of aromatic nitrogens is 1. The first kappa shape index (κ1) is 11.4. The van der Waals surface area contributed by atoms with Gasteiger partial charge in [-0.3, -0.25) is 4.79 Å². The number of aliphatic carboxylic acids is 1. The fraction of sp³-hybridized carbons (Fsp3) is 0.231. The highest BCUT2D eigenvalue weighted by molar-refractivity contribution is 5.70. The average molecular weight is 231 g/mol. The lowest BCUT2D eigenvalue weighted by Crippen LogP contribution is -2.04. The summed E-state index contributed by atoms with van der Waals surface area (Å²) >= 11 is 0. The van der Waals surface area contributed by atoms with Gasteiger partial charge in [0.25, 0.3) is 0 Å². The Hall–Kier alpha value is -2.10. The first-order valence-corrected chi connectivity index (χ1v) is 5.43. The Kier molecular flexibility index (Phi) is 3.55. The summed E-state index contributed by atoms with van der Waals surface area (Å²) in [5.74, 6) is 0.588. The number of carboxylic acids is 1. The fourth-order valence-electron chi connectivity index (χ4n) is 1.63. The normalized spacial score (nSPS) is 14.8. The minimum atomic E-state index is -0.793. The van der Waals surface area contributed by atoms with E-state index in [1.165, 1.54) is 0 Å². The van der Waals surface area contributed by atoms with Gasteiger partial charge >= 0.3 is 5.97 Å². The number of nitrogens with zero attached hydrogens (tertiary/aromatic N) is 1. The van der Waals surface area contributed by atoms with E-state index < -0.39 is 5.97 Å². The lowest BCUT2D eigenvalue weighted by Gasteiger charge is -2.13. The smallest absolute Gasteiger partial charge is 0.307 e. The van der Waals surface area contributed by atoms with E-state index in [2.05, 4.69) is 4.98 Å². The van der Waals surface area contributed by atoms with Crippen LogP contribution in [0, 0.1) is 0 Å². The highest BCUT2D eigenvalue weighted by Crippen LogP contribution is 2.22. The van der Waals surface area contributed by atoms with Crippen LogP contribution in [-0.4, -0.2) is 16.1 Å². The summed E-state index contributed by atoms with van der Waals surface area (Å²) in [7, 11) is 0. The van der Waals surface area contributed by atoms with Crippen molar-refractivity contribution in [1.82, 2.24) is 4.98 Å². The summed E-state index contributed by atoms with van der Waals surface area (Å²) in [5.41, 5.74) is 0.922. The summed E-state index contributed by atoms with van der Waals surface area (Å²) < 4.78 is 5.57. The molecular weight excluding hydrogens is 218 g/mol. The van der Waals surface area contributed by atoms with Crippen LogP contribution in [0.5, 0.6) is 5.88 Å². The molecule has 1 heterocycles. The molecular formula is C13H13NO3. The molecule has 0 saturated heterocycles. The number of pyridine rings is 1. The summed E-state index contributed by atoms with van der Waals surface area (Å²) in [5, 5.41) is 8.66. The molecule has 0 fully saturated rings. The van der Waals surface area contributed by atoms with Gasteiger partial charge in [0.15, 0.2) is 0 Å². The van der Waals surface area contributed by atoms with Gasteiger partial charge in [0.2, 0.25) is 5.88 Å². The number of rotatable bonds is 4. The molecule has 0 radical (unpaired) electrons. The van der Waals surface area contributed by atoms with Crippen molar-refractivity contribution >= 4 is 5.97 Å². The van der Waals surface area contributed by atoms with Crippen LogP contribution in [0.3, 0.4) is 0 Å². The molecule has 1 N–H and O–H groups in total. The number of carbonyl (C=O) groups is 1. The molecule has 0 atom stereocenters. The van der Waals surface area contributed by atoms with Gasteiger partial charge in [0.1, 0.15) is 5.76 Å². The van der Waals surface area contributed by atoms with Crippen LogP contribution >= 0.6 is 0 Å². The summed E-state index contributed by atoms with van der Waals surface area (Å²) in [4.78, 5) is 14.6. The molecule has 0 spiro atoms. The van der Waals surface area contributed by atoms with E-state index >= 15 is 0 Å². The molecule has 0 aliphatic heterocycles. The van der Waals surface area contributed by atoms with E-state index in [9.17, 15) is 4.79 Å². The molecule has 0 aromatic carbocycles. The maximum absolute atomic E-state index is 10.5. The second kappa shape index (κ2) is 5.30. The second-order valence-electron chi connectivity index (χ2n) is 3.80. The number of hydrogen-bond donors (Lipinski definition) is 1. The van der Waals surface area contributed by atoms with Crippen LogP contribution in [0.1, 0.15) is 19.3 Å². The van der Waals surface area contributed by atoms with E-state index in [1.807, 2.05) is 24.3 Å². The predicted octanol–water partition coefficient (Wildman–Crippen LogP) is 2.54. The highest BCUT2D eigenvalue weighted by Gasteiger charge is 2.11. The van der Waals surface area contributed by atoms with Crippen molar-refractivity contribution in [3.8, 4) is 5.88 Å². The third-order valence-electron chi connectivity index (χ3n) is 2.45. The largest absolute Gasteiger partial charge is 0.481 e. The molecule has 1 aromatic heterocycles. The predicted molar refractivity (Wildman–Crippen MR) is 62.5 cm³/mol. The van der Waals surface area contributed by atoms with Gasteiger partial charge in [-0.15, -0.1) is 0 Å². The fourth-order valence-corrected chi connectivity index (χ4v) is 1.63. The molecule has 1 aliphatic carbocycles. The van der Waals surface area contributed by atoms with Crippen LogP contribution in [0.4, 0.5) is 0 Å². The summed E-state index contributed by atoms with van der Waals surface area (Å²) in [6.07, 6.45) is 6.85. The Morgan fingerprint density at radius 1 is 1.35 bits per heavy atom. The standard InChI is InChI=1S/C13H13NO3/c15-13(16)9-10-4-6-11(7-5-10)17-12-3-1-2-8-14-12/h1-4,6,8H,5,7,9H2,(H,15,16). The maximum Gasteiger partial charge on any atom is 0.307 e. The van der Waals surface area contributed by atoms with Crippen molar-refractivity contribution in [1.29, 1.82) is 0 Å². The van der Waals surface area contributed by atoms with Crippen molar-refractivity contribution in [2.45, 2.75) is 19.3 Å². The number of allylic oxidation sites excluding steroid dienone is 3. The van der Waals surface area contributed by atoms with Gasteiger partial charge in [-0.25, -0.2) is 4.98 Å². The zero-order valence-electron chi connectivity index (χ0n) is 9.30. The van der Waals surface area contributed by atoms with E-state index in [0.29, 0.717) is 5.88 Å². The summed E-state index contributed by atoms with van der Waals surface area (Å²) in [6, 6.07) is 5.47. The number of hydrogen-bond acceptors (Lipinski definition) is 3. The Labute approximate surface area is 99.3 Å². The molecule has 17 heavy (non-hydrogen) atoms. The van der Waals surface area contributed by atoms with E-state index in [-0.39, 0.29) is 6.42 Å². The van der Waals surface area contributed by atoms with Crippen LogP contribution in [-0.2, 0) is 4.79 Å². The van der Waals surface area contributed by atoms with Crippen LogP contribution in [0.25, 0.3) is 0 Å². The summed E-state index contributed by atoms with van der Waals surface area (Å²) in [6.45, 7) is 0. The Bertz CT molecular complexity index is 463. The third-order valence-corrected chi connectivity index (χ3v) is 2.45. The Balaban J connectivity index is 1.98. The molecule has 88 valence electrons. The van der Waals surface area contributed by atoms with Crippen molar-refractivity contribution in [2.75, 3.05) is 0 Å². The SMILES string of the molecule is O=C(O)CC1=CC=C(Oc2ccccn2)CC1. The quantitative estimate of drug-likeness (QED) is 0.865. The minimum absolute atomic E-state index is 0.105. The van der Waals surface area contributed by atoms with Gasteiger partial charge in [-0.2, -0.15) is 0 Å². The molecule has 2 rings (SSSR count). The van der Waals surface area contributed by atoms with Crippen molar-refractivity contribution < 1.29 is 14.6 Å². The molecule has 1 aromatic rings. The van der Waals surface area contributed by atoms with Crippen molar-refractivity contribution in [2.24, 2.45) is 0 Å². The molecule has 0 saturated carbocycles. The molecule has 0 bridgehead atoms. The lowest BCUT2D eigenvalue weighted by molar-refractivity contribution is -0.136. The zero-order chi connectivity index (χ0) is 12.1. The topological polar surface area (TPSA) is 59.4 Å². The van der Waals surface area contributed by atoms with Crippen molar-refractivity contribution in [3.63, 3.8) is 0 Å². The molecule has 0 amide bonds. The van der Waals surface area contributed by atoms with Gasteiger partial charge in [0.05, 0.1) is 6.42 Å². The van der Waals surface area contributed by atoms with Gasteiger partial charge in [-0.1, -0.05) is 17.7 Å². The molecule has 4 heteroatoms. The molecule has 0 unspecified atom stereocenters. The monoisotopic (exact) mass is 231 g/mol. The third kappa shape index (κ3) is 3.45. The maximum atomic E-state index is 10.5. The molecule has 4 nitrogen and oxygen atoms in total. The van der Waals surface area contributed by atoms with E-state index in [0.717, 1.165) is 24.2 Å². The molecule has 1 aliphatic rings. The lowest BCUT2D eigenvalue weighted by atomic mass is 10.0. The van der Waals surface area contributed by atoms with Crippen molar-refractivity contribution in [3.05, 3.63) is 47.9 Å². The zero-order valence-corrected chi connectivity index (χ0v) is 9.30. The van der Waals surface area contributed by atoms with Gasteiger partial charge in [0, 0.05) is 18.7 Å². The van der Waals surface area contributed by atoms with Crippen LogP contribution in [0.15, 0.2) is 47.9 Å². The highest BCUT2D eigenvalue weighted by atomic mass is 16.5. The average Bonchev–Trinajstić information content (AvgIpc) is 2.32. The van der Waals surface area contributed by atoms with Gasteiger partial charge in [-0.05, 0) is 18.6 Å². The Morgan fingerprint density at radius 2 is 2.24 bits per heavy atom. The van der Waals surface area contributed by atoms with E-state index in [4.69, 9.17) is 9.84 Å². The number of carboxylic acid groups (broad SMARTS) is 1. The van der Waals surface area contributed by atoms with Crippen LogP contribution < -0.4 is 4.74 Å². The first-order chi connectivity index (χ1) is 8.24. The second-order valence-corrected chi connectivity index (χ2v) is 3.80. The van der Waals surface area contributed by atoms with Crippen LogP contribution in [0.2, 0.25) is 0 Å². The number of ether oxygens (including phenoxy) is 1. The first-order valence-electron chi connectivity index (χ1n) is 5.43. The van der Waals surface area contributed by atoms with Gasteiger partial charge < -0.3 is 9.84 Å².